The highest BCUT2D eigenvalue weighted by atomic mass is 16.3. The highest BCUT2D eigenvalue weighted by molar-refractivity contribution is 5.15. The molecular weight excluding hydrogens is 220 g/mol. The molecule has 0 bridgehead atoms. The molecule has 104 valence electrons. The van der Waals surface area contributed by atoms with Gasteiger partial charge in [0, 0.05) is 0 Å². The molecule has 0 atom stereocenters. The second kappa shape index (κ2) is 7.78. The molecule has 0 amide bonds. The summed E-state index contributed by atoms with van der Waals surface area (Å²) < 4.78 is 0. The minimum absolute atomic E-state index is 0.398. The Morgan fingerprint density at radius 2 is 1.72 bits per heavy atom. The minimum Gasteiger partial charge on any atom is -0.390 e. The monoisotopic (exact) mass is 250 g/mol. The molecule has 18 heavy (non-hydrogen) atoms. The van der Waals surface area contributed by atoms with Crippen molar-refractivity contribution in [2.75, 3.05) is 0 Å². The fourth-order valence-electron chi connectivity index (χ4n) is 2.81. The van der Waals surface area contributed by atoms with E-state index < -0.39 is 5.60 Å². The smallest absolute Gasteiger partial charge is 0.0682 e. The summed E-state index contributed by atoms with van der Waals surface area (Å²) in [6.07, 6.45) is 14.3. The van der Waals surface area contributed by atoms with Gasteiger partial charge in [0.25, 0.3) is 0 Å². The number of rotatable bonds is 6. The van der Waals surface area contributed by atoms with Crippen molar-refractivity contribution in [3.63, 3.8) is 0 Å². The van der Waals surface area contributed by atoms with Crippen LogP contribution < -0.4 is 0 Å². The van der Waals surface area contributed by atoms with Crippen molar-refractivity contribution in [1.82, 2.24) is 0 Å². The van der Waals surface area contributed by atoms with Crippen LogP contribution in [0.15, 0.2) is 23.3 Å². The maximum atomic E-state index is 10.4. The summed E-state index contributed by atoms with van der Waals surface area (Å²) in [6, 6.07) is 0. The van der Waals surface area contributed by atoms with Crippen LogP contribution >= 0.6 is 0 Å². The van der Waals surface area contributed by atoms with Crippen molar-refractivity contribution in [1.29, 1.82) is 0 Å². The van der Waals surface area contributed by atoms with Gasteiger partial charge in [0.15, 0.2) is 0 Å². The predicted octanol–water partition coefficient (Wildman–Crippen LogP) is 5.15. The summed E-state index contributed by atoms with van der Waals surface area (Å²) in [5, 5.41) is 10.4. The molecule has 0 aromatic rings. The number of hydrogen-bond acceptors (Lipinski definition) is 1. The first kappa shape index (κ1) is 15.5. The Bertz CT molecular complexity index is 293. The Morgan fingerprint density at radius 3 is 2.28 bits per heavy atom. The van der Waals surface area contributed by atoms with Gasteiger partial charge < -0.3 is 5.11 Å². The standard InChI is InChI=1S/C17H30O/c1-4-15(3)16(5-2)11-7-10-14-17(18)12-8-6-9-13-17/h7,10,18H,4-6,8-9,11-14H2,1-3H3/b10-7+,16-15+. The zero-order valence-electron chi connectivity index (χ0n) is 12.5. The van der Waals surface area contributed by atoms with Crippen LogP contribution in [-0.2, 0) is 0 Å². The van der Waals surface area contributed by atoms with E-state index in [1.807, 2.05) is 0 Å². The number of aliphatic hydroxyl groups is 1. The molecule has 1 rings (SSSR count). The van der Waals surface area contributed by atoms with Gasteiger partial charge in [0.1, 0.15) is 0 Å². The minimum atomic E-state index is -0.398. The molecule has 0 aliphatic heterocycles. The molecule has 0 spiro atoms. The first-order valence-corrected chi connectivity index (χ1v) is 7.66. The van der Waals surface area contributed by atoms with Gasteiger partial charge in [-0.25, -0.2) is 0 Å². The average Bonchev–Trinajstić information content (AvgIpc) is 2.39. The largest absolute Gasteiger partial charge is 0.390 e. The third-order valence-electron chi connectivity index (χ3n) is 4.37. The second-order valence-corrected chi connectivity index (χ2v) is 5.76. The number of hydrogen-bond donors (Lipinski definition) is 1. The topological polar surface area (TPSA) is 20.2 Å². The molecule has 0 unspecified atom stereocenters. The Balaban J connectivity index is 2.40. The molecule has 0 aromatic heterocycles. The molecule has 1 nitrogen and oxygen atoms in total. The summed E-state index contributed by atoms with van der Waals surface area (Å²) in [7, 11) is 0. The van der Waals surface area contributed by atoms with Crippen LogP contribution in [0.5, 0.6) is 0 Å². The van der Waals surface area contributed by atoms with Gasteiger partial charge in [0.05, 0.1) is 5.60 Å². The quantitative estimate of drug-likeness (QED) is 0.646. The Kier molecular flexibility index (Phi) is 6.70. The first-order chi connectivity index (χ1) is 8.61. The third kappa shape index (κ3) is 4.97. The molecule has 1 saturated carbocycles. The van der Waals surface area contributed by atoms with Crippen LogP contribution in [0.2, 0.25) is 0 Å². The van der Waals surface area contributed by atoms with Gasteiger partial charge in [-0.15, -0.1) is 0 Å². The van der Waals surface area contributed by atoms with Crippen LogP contribution in [0.1, 0.15) is 78.6 Å². The molecule has 0 radical (unpaired) electrons. The lowest BCUT2D eigenvalue weighted by molar-refractivity contribution is 0.00691. The van der Waals surface area contributed by atoms with Crippen molar-refractivity contribution in [3.8, 4) is 0 Å². The van der Waals surface area contributed by atoms with Crippen molar-refractivity contribution in [2.45, 2.75) is 84.2 Å². The van der Waals surface area contributed by atoms with Gasteiger partial charge in [-0.2, -0.15) is 0 Å². The predicted molar refractivity (Wildman–Crippen MR) is 79.7 cm³/mol. The Labute approximate surface area is 113 Å². The molecule has 0 aromatic carbocycles. The average molecular weight is 250 g/mol. The van der Waals surface area contributed by atoms with Gasteiger partial charge in [-0.1, -0.05) is 56.4 Å². The van der Waals surface area contributed by atoms with Gasteiger partial charge >= 0.3 is 0 Å². The SMILES string of the molecule is CC/C(C)=C(\CC)C/C=C/CC1(O)CCCCC1. The van der Waals surface area contributed by atoms with E-state index in [4.69, 9.17) is 0 Å². The van der Waals surface area contributed by atoms with Crippen molar-refractivity contribution in [2.24, 2.45) is 0 Å². The van der Waals surface area contributed by atoms with E-state index in [2.05, 4.69) is 32.9 Å². The van der Waals surface area contributed by atoms with E-state index in [0.717, 1.165) is 38.5 Å². The van der Waals surface area contributed by atoms with E-state index in [1.54, 1.807) is 5.57 Å². The molecular formula is C17H30O. The molecule has 1 N–H and O–H groups in total. The molecule has 0 heterocycles. The first-order valence-electron chi connectivity index (χ1n) is 7.66. The summed E-state index contributed by atoms with van der Waals surface area (Å²) in [6.45, 7) is 6.69. The van der Waals surface area contributed by atoms with E-state index in [9.17, 15) is 5.11 Å². The Hall–Kier alpha value is -0.560. The lowest BCUT2D eigenvalue weighted by atomic mass is 9.82. The fourth-order valence-corrected chi connectivity index (χ4v) is 2.81. The lowest BCUT2D eigenvalue weighted by Gasteiger charge is -2.30. The van der Waals surface area contributed by atoms with Gasteiger partial charge in [-0.05, 0) is 45.4 Å². The molecule has 1 aliphatic rings. The maximum absolute atomic E-state index is 10.4. The summed E-state index contributed by atoms with van der Waals surface area (Å²) in [5.74, 6) is 0. The highest BCUT2D eigenvalue weighted by Crippen LogP contribution is 2.31. The van der Waals surface area contributed by atoms with Crippen molar-refractivity contribution >= 4 is 0 Å². The lowest BCUT2D eigenvalue weighted by Crippen LogP contribution is -2.30. The third-order valence-corrected chi connectivity index (χ3v) is 4.37. The summed E-state index contributed by atoms with van der Waals surface area (Å²) >= 11 is 0. The zero-order chi connectivity index (χ0) is 13.4. The molecule has 1 aliphatic carbocycles. The maximum Gasteiger partial charge on any atom is 0.0682 e. The second-order valence-electron chi connectivity index (χ2n) is 5.76. The van der Waals surface area contributed by atoms with E-state index >= 15 is 0 Å². The van der Waals surface area contributed by atoms with Crippen molar-refractivity contribution in [3.05, 3.63) is 23.3 Å². The number of allylic oxidation sites excluding steroid dienone is 3. The van der Waals surface area contributed by atoms with Crippen LogP contribution in [0.3, 0.4) is 0 Å². The van der Waals surface area contributed by atoms with Crippen molar-refractivity contribution < 1.29 is 5.11 Å². The van der Waals surface area contributed by atoms with E-state index in [1.165, 1.54) is 24.8 Å². The van der Waals surface area contributed by atoms with Gasteiger partial charge in [-0.3, -0.25) is 0 Å². The summed E-state index contributed by atoms with van der Waals surface area (Å²) in [4.78, 5) is 0. The van der Waals surface area contributed by atoms with E-state index in [-0.39, 0.29) is 0 Å². The summed E-state index contributed by atoms with van der Waals surface area (Å²) in [5.41, 5.74) is 2.69. The normalized spacial score (nSPS) is 21.1. The molecule has 1 fully saturated rings. The molecule has 1 heteroatoms. The van der Waals surface area contributed by atoms with Gasteiger partial charge in [0.2, 0.25) is 0 Å². The Morgan fingerprint density at radius 1 is 1.06 bits per heavy atom. The van der Waals surface area contributed by atoms with Crippen LogP contribution in [0, 0.1) is 0 Å². The van der Waals surface area contributed by atoms with Crippen LogP contribution in [-0.4, -0.2) is 10.7 Å². The van der Waals surface area contributed by atoms with Crippen LogP contribution in [0.4, 0.5) is 0 Å². The molecule has 0 saturated heterocycles. The highest BCUT2D eigenvalue weighted by Gasteiger charge is 2.27. The fraction of sp³-hybridized carbons (Fsp3) is 0.765. The van der Waals surface area contributed by atoms with Crippen LogP contribution in [0.25, 0.3) is 0 Å². The van der Waals surface area contributed by atoms with E-state index in [0.29, 0.717) is 0 Å². The zero-order valence-corrected chi connectivity index (χ0v) is 12.5.